The van der Waals surface area contributed by atoms with Crippen LogP contribution in [0.4, 0.5) is 0 Å². The van der Waals surface area contributed by atoms with Crippen LogP contribution in [-0.2, 0) is 14.3 Å². The van der Waals surface area contributed by atoms with E-state index in [0.29, 0.717) is 0 Å². The van der Waals surface area contributed by atoms with Crippen LogP contribution in [0.15, 0.2) is 0 Å². The first-order valence-corrected chi connectivity index (χ1v) is 4.09. The van der Waals surface area contributed by atoms with Crippen molar-refractivity contribution < 1.29 is 14.3 Å². The first-order chi connectivity index (χ1) is 5.16. The van der Waals surface area contributed by atoms with Crippen LogP contribution in [0.2, 0.25) is 0 Å². The molecule has 0 rings (SSSR count). The molecule has 0 radical (unpaired) electrons. The normalized spacial score (nSPS) is 12.6. The number of carbonyl (C=O) groups is 1. The Morgan fingerprint density at radius 3 is 2.64 bits per heavy atom. The molecule has 0 fully saturated rings. The lowest BCUT2D eigenvalue weighted by Crippen LogP contribution is -2.13. The Morgan fingerprint density at radius 1 is 1.55 bits per heavy atom. The predicted molar refractivity (Wildman–Crippen MR) is 42.9 cm³/mol. The van der Waals surface area contributed by atoms with Gasteiger partial charge in [0.15, 0.2) is 0 Å². The summed E-state index contributed by atoms with van der Waals surface area (Å²) in [6.45, 7) is 1.83. The molecule has 1 unspecified atom stereocenters. The van der Waals surface area contributed by atoms with Crippen molar-refractivity contribution in [3.05, 3.63) is 0 Å². The quantitative estimate of drug-likeness (QED) is 0.382. The third-order valence-corrected chi connectivity index (χ3v) is 1.53. The van der Waals surface area contributed by atoms with E-state index in [0.717, 1.165) is 0 Å². The summed E-state index contributed by atoms with van der Waals surface area (Å²) in [4.78, 5) is 10.2. The molecule has 0 aliphatic carbocycles. The molecule has 0 heterocycles. The summed E-state index contributed by atoms with van der Waals surface area (Å²) < 4.78 is 9.47. The molecule has 0 saturated heterocycles. The van der Waals surface area contributed by atoms with Crippen LogP contribution < -0.4 is 0 Å². The summed E-state index contributed by atoms with van der Waals surface area (Å²) in [5.41, 5.74) is -0.507. The molecule has 0 N–H and O–H groups in total. The molecule has 1 atom stereocenters. The molecule has 0 aliphatic rings. The van der Waals surface area contributed by atoms with E-state index in [1.807, 2.05) is 0 Å². The molecule has 0 aliphatic heterocycles. The van der Waals surface area contributed by atoms with Crippen molar-refractivity contribution in [2.24, 2.45) is 0 Å². The summed E-state index contributed by atoms with van der Waals surface area (Å²) in [6.07, 6.45) is 0. The number of hydrogen-bond acceptors (Lipinski definition) is 3. The van der Waals surface area contributed by atoms with Crippen LogP contribution in [0.5, 0.6) is 0 Å². The zero-order valence-electron chi connectivity index (χ0n) is 6.18. The number of esters is 1. The standard InChI is InChI=1S/C6H10Cl2O3/c1-5(9)10-2-3-11-6(8)4-7/h6H,2-4H2,1H3. The van der Waals surface area contributed by atoms with E-state index in [1.54, 1.807) is 0 Å². The third kappa shape index (κ3) is 7.91. The average molecular weight is 201 g/mol. The Bertz CT molecular complexity index is 118. The smallest absolute Gasteiger partial charge is 0.302 e. The van der Waals surface area contributed by atoms with Gasteiger partial charge in [0.1, 0.15) is 12.2 Å². The van der Waals surface area contributed by atoms with Crippen molar-refractivity contribution in [1.82, 2.24) is 0 Å². The Morgan fingerprint density at radius 2 is 2.18 bits per heavy atom. The molecule has 3 nitrogen and oxygen atoms in total. The van der Waals surface area contributed by atoms with Crippen LogP contribution >= 0.6 is 23.2 Å². The van der Waals surface area contributed by atoms with E-state index in [9.17, 15) is 4.79 Å². The lowest BCUT2D eigenvalue weighted by molar-refractivity contribution is -0.142. The minimum atomic E-state index is -0.507. The van der Waals surface area contributed by atoms with E-state index in [1.165, 1.54) is 6.92 Å². The average Bonchev–Trinajstić information content (AvgIpc) is 1.97. The highest BCUT2D eigenvalue weighted by Crippen LogP contribution is 1.99. The molecule has 0 amide bonds. The molecule has 0 bridgehead atoms. The van der Waals surface area contributed by atoms with Gasteiger partial charge in [-0.05, 0) is 0 Å². The van der Waals surface area contributed by atoms with Gasteiger partial charge < -0.3 is 9.47 Å². The van der Waals surface area contributed by atoms with Gasteiger partial charge in [0.25, 0.3) is 0 Å². The maximum Gasteiger partial charge on any atom is 0.302 e. The Kier molecular flexibility index (Phi) is 6.71. The van der Waals surface area contributed by atoms with Crippen molar-refractivity contribution in [1.29, 1.82) is 0 Å². The first-order valence-electron chi connectivity index (χ1n) is 3.12. The van der Waals surface area contributed by atoms with Gasteiger partial charge in [0, 0.05) is 6.92 Å². The lowest BCUT2D eigenvalue weighted by Gasteiger charge is -2.06. The summed E-state index contributed by atoms with van der Waals surface area (Å²) in [5, 5.41) is 0. The summed E-state index contributed by atoms with van der Waals surface area (Å²) in [5.74, 6) is -0.104. The zero-order valence-corrected chi connectivity index (χ0v) is 7.69. The van der Waals surface area contributed by atoms with E-state index < -0.39 is 5.56 Å². The number of halogens is 2. The van der Waals surface area contributed by atoms with Crippen molar-refractivity contribution in [3.8, 4) is 0 Å². The monoisotopic (exact) mass is 200 g/mol. The number of alkyl halides is 2. The van der Waals surface area contributed by atoms with Gasteiger partial charge in [-0.15, -0.1) is 11.6 Å². The minimum Gasteiger partial charge on any atom is -0.463 e. The second kappa shape index (κ2) is 6.70. The number of hydrogen-bond donors (Lipinski definition) is 0. The van der Waals surface area contributed by atoms with Crippen LogP contribution in [-0.4, -0.2) is 30.6 Å². The molecule has 0 aromatic rings. The van der Waals surface area contributed by atoms with Crippen LogP contribution in [0.1, 0.15) is 6.92 Å². The van der Waals surface area contributed by atoms with Crippen molar-refractivity contribution >= 4 is 29.2 Å². The maximum absolute atomic E-state index is 10.2. The van der Waals surface area contributed by atoms with Gasteiger partial charge in [-0.3, -0.25) is 4.79 Å². The van der Waals surface area contributed by atoms with Crippen LogP contribution in [0.25, 0.3) is 0 Å². The SMILES string of the molecule is CC(=O)OCCOC(Cl)CCl. The van der Waals surface area contributed by atoms with E-state index in [-0.39, 0.29) is 25.1 Å². The maximum atomic E-state index is 10.2. The summed E-state index contributed by atoms with van der Waals surface area (Å²) >= 11 is 10.8. The Labute approximate surface area is 75.6 Å². The van der Waals surface area contributed by atoms with Gasteiger partial charge >= 0.3 is 5.97 Å². The van der Waals surface area contributed by atoms with Crippen molar-refractivity contribution in [2.75, 3.05) is 19.1 Å². The largest absolute Gasteiger partial charge is 0.463 e. The van der Waals surface area contributed by atoms with E-state index >= 15 is 0 Å². The van der Waals surface area contributed by atoms with E-state index in [2.05, 4.69) is 4.74 Å². The van der Waals surface area contributed by atoms with Gasteiger partial charge in [-0.1, -0.05) is 11.6 Å². The summed E-state index contributed by atoms with van der Waals surface area (Å²) in [6, 6.07) is 0. The fraction of sp³-hybridized carbons (Fsp3) is 0.833. The highest BCUT2D eigenvalue weighted by Gasteiger charge is 2.01. The Hall–Kier alpha value is 0.01000. The summed E-state index contributed by atoms with van der Waals surface area (Å²) in [7, 11) is 0. The predicted octanol–water partition coefficient (Wildman–Crippen LogP) is 1.37. The number of carbonyl (C=O) groups excluding carboxylic acids is 1. The minimum absolute atomic E-state index is 0.218. The van der Waals surface area contributed by atoms with Crippen molar-refractivity contribution in [3.63, 3.8) is 0 Å². The first kappa shape index (κ1) is 11.0. The molecule has 0 aromatic carbocycles. The van der Waals surface area contributed by atoms with Gasteiger partial charge in [-0.25, -0.2) is 0 Å². The number of rotatable bonds is 5. The third-order valence-electron chi connectivity index (χ3n) is 0.809. The molecule has 0 aromatic heterocycles. The molecule has 0 spiro atoms. The lowest BCUT2D eigenvalue weighted by atomic mass is 10.7. The van der Waals surface area contributed by atoms with Gasteiger partial charge in [0.05, 0.1) is 12.5 Å². The molecule has 11 heavy (non-hydrogen) atoms. The van der Waals surface area contributed by atoms with Gasteiger partial charge in [0.2, 0.25) is 0 Å². The topological polar surface area (TPSA) is 35.5 Å². The van der Waals surface area contributed by atoms with E-state index in [4.69, 9.17) is 27.9 Å². The molecular weight excluding hydrogens is 191 g/mol. The Balaban J connectivity index is 3.08. The fourth-order valence-electron chi connectivity index (χ4n) is 0.406. The second-order valence-electron chi connectivity index (χ2n) is 1.78. The fourth-order valence-corrected chi connectivity index (χ4v) is 0.584. The molecule has 0 saturated carbocycles. The highest BCUT2D eigenvalue weighted by atomic mass is 35.5. The molecule has 5 heteroatoms. The number of ether oxygens (including phenoxy) is 2. The van der Waals surface area contributed by atoms with Crippen LogP contribution in [0, 0.1) is 0 Å². The zero-order chi connectivity index (χ0) is 8.69. The highest BCUT2D eigenvalue weighted by molar-refractivity contribution is 6.27. The second-order valence-corrected chi connectivity index (χ2v) is 2.57. The molecular formula is C6H10Cl2O3. The van der Waals surface area contributed by atoms with Crippen molar-refractivity contribution in [2.45, 2.75) is 12.5 Å². The van der Waals surface area contributed by atoms with Crippen LogP contribution in [0.3, 0.4) is 0 Å². The molecule has 66 valence electrons. The van der Waals surface area contributed by atoms with Gasteiger partial charge in [-0.2, -0.15) is 0 Å².